The van der Waals surface area contributed by atoms with Gasteiger partial charge in [0.1, 0.15) is 11.9 Å². The minimum absolute atomic E-state index is 0.0508. The van der Waals surface area contributed by atoms with Gasteiger partial charge < -0.3 is 20.5 Å². The van der Waals surface area contributed by atoms with Crippen molar-refractivity contribution in [1.29, 1.82) is 0 Å². The molecule has 7 nitrogen and oxygen atoms in total. The van der Waals surface area contributed by atoms with Crippen molar-refractivity contribution in [3.8, 4) is 0 Å². The number of carbonyl (C=O) groups is 2. The van der Waals surface area contributed by atoms with Crippen LogP contribution in [0.3, 0.4) is 0 Å². The lowest BCUT2D eigenvalue weighted by Crippen LogP contribution is -2.33. The predicted molar refractivity (Wildman–Crippen MR) is 97.7 cm³/mol. The highest BCUT2D eigenvalue weighted by atomic mass is 16.6. The van der Waals surface area contributed by atoms with Gasteiger partial charge in [-0.25, -0.2) is 4.79 Å². The molecule has 7 heteroatoms. The third-order valence-electron chi connectivity index (χ3n) is 5.39. The SMILES string of the molecule is CC(C)NC(=O)O[C@@H]1CC[C@H](C2=CC(NC(=O)[C@H]3C[C@@H]3C(C)O)=NC2)C1. The fourth-order valence-electron chi connectivity index (χ4n) is 3.84. The van der Waals surface area contributed by atoms with Gasteiger partial charge in [-0.3, -0.25) is 9.79 Å². The summed E-state index contributed by atoms with van der Waals surface area (Å²) in [5.74, 6) is 0.883. The largest absolute Gasteiger partial charge is 0.446 e. The molecule has 0 saturated heterocycles. The van der Waals surface area contributed by atoms with Crippen LogP contribution in [0, 0.1) is 17.8 Å². The Hall–Kier alpha value is -1.89. The number of alkyl carbamates (subject to hydrolysis) is 1. The Labute approximate surface area is 154 Å². The minimum atomic E-state index is -0.439. The molecule has 144 valence electrons. The summed E-state index contributed by atoms with van der Waals surface area (Å²) < 4.78 is 5.47. The second-order valence-electron chi connectivity index (χ2n) is 7.99. The van der Waals surface area contributed by atoms with Crippen LogP contribution < -0.4 is 10.6 Å². The van der Waals surface area contributed by atoms with E-state index in [0.29, 0.717) is 18.3 Å². The molecule has 0 aromatic rings. The Morgan fingerprint density at radius 1 is 1.27 bits per heavy atom. The van der Waals surface area contributed by atoms with Gasteiger partial charge in [-0.15, -0.1) is 0 Å². The summed E-state index contributed by atoms with van der Waals surface area (Å²) in [7, 11) is 0. The van der Waals surface area contributed by atoms with Crippen molar-refractivity contribution in [3.05, 3.63) is 11.6 Å². The number of hydrogen-bond acceptors (Lipinski definition) is 5. The van der Waals surface area contributed by atoms with Gasteiger partial charge in [-0.05, 0) is 69.9 Å². The molecular weight excluding hydrogens is 334 g/mol. The monoisotopic (exact) mass is 363 g/mol. The summed E-state index contributed by atoms with van der Waals surface area (Å²) in [6.45, 7) is 6.12. The number of carbonyl (C=O) groups excluding carboxylic acids is 2. The van der Waals surface area contributed by atoms with Crippen molar-refractivity contribution in [2.75, 3.05) is 6.54 Å². The zero-order valence-electron chi connectivity index (χ0n) is 15.7. The molecule has 0 radical (unpaired) electrons. The van der Waals surface area contributed by atoms with Crippen LogP contribution in [0.4, 0.5) is 4.79 Å². The number of hydrogen-bond donors (Lipinski definition) is 3. The van der Waals surface area contributed by atoms with E-state index in [1.54, 1.807) is 6.92 Å². The number of amides is 2. The molecule has 3 rings (SSSR count). The average Bonchev–Trinajstić information content (AvgIpc) is 3.02. The number of nitrogens with zero attached hydrogens (tertiary/aromatic N) is 1. The maximum Gasteiger partial charge on any atom is 0.407 e. The highest BCUT2D eigenvalue weighted by molar-refractivity contribution is 6.07. The van der Waals surface area contributed by atoms with Gasteiger partial charge in [-0.2, -0.15) is 0 Å². The summed E-state index contributed by atoms with van der Waals surface area (Å²) in [5.41, 5.74) is 1.19. The van der Waals surface area contributed by atoms with Crippen LogP contribution in [-0.2, 0) is 9.53 Å². The van der Waals surface area contributed by atoms with Gasteiger partial charge in [-0.1, -0.05) is 0 Å². The smallest absolute Gasteiger partial charge is 0.407 e. The second kappa shape index (κ2) is 7.78. The average molecular weight is 363 g/mol. The van der Waals surface area contributed by atoms with E-state index in [4.69, 9.17) is 4.74 Å². The van der Waals surface area contributed by atoms with Crippen molar-refractivity contribution in [2.45, 2.75) is 64.7 Å². The normalized spacial score (nSPS) is 31.3. The summed E-state index contributed by atoms with van der Waals surface area (Å²) in [4.78, 5) is 28.3. The van der Waals surface area contributed by atoms with Crippen LogP contribution in [0.2, 0.25) is 0 Å². The Morgan fingerprint density at radius 3 is 2.69 bits per heavy atom. The first-order chi connectivity index (χ1) is 12.3. The van der Waals surface area contributed by atoms with Crippen molar-refractivity contribution in [1.82, 2.24) is 10.6 Å². The van der Waals surface area contributed by atoms with E-state index in [1.165, 1.54) is 5.57 Å². The van der Waals surface area contributed by atoms with Crippen LogP contribution in [0.5, 0.6) is 0 Å². The predicted octanol–water partition coefficient (Wildman–Crippen LogP) is 1.76. The summed E-state index contributed by atoms with van der Waals surface area (Å²) >= 11 is 0. The molecule has 2 fully saturated rings. The summed E-state index contributed by atoms with van der Waals surface area (Å²) in [6.07, 6.45) is 4.48. The Kier molecular flexibility index (Phi) is 5.65. The molecule has 2 amide bonds. The molecule has 0 bridgehead atoms. The zero-order chi connectivity index (χ0) is 18.8. The minimum Gasteiger partial charge on any atom is -0.446 e. The first-order valence-electron chi connectivity index (χ1n) is 9.54. The van der Waals surface area contributed by atoms with E-state index in [-0.39, 0.29) is 36.0 Å². The summed E-state index contributed by atoms with van der Waals surface area (Å²) in [5, 5.41) is 15.1. The summed E-state index contributed by atoms with van der Waals surface area (Å²) in [6, 6.07) is 0.0664. The van der Waals surface area contributed by atoms with E-state index in [2.05, 4.69) is 15.6 Å². The third-order valence-corrected chi connectivity index (χ3v) is 5.39. The lowest BCUT2D eigenvalue weighted by molar-refractivity contribution is -0.121. The molecule has 2 aliphatic carbocycles. The third kappa shape index (κ3) is 4.63. The Bertz CT molecular complexity index is 626. The van der Waals surface area contributed by atoms with Crippen molar-refractivity contribution >= 4 is 17.8 Å². The molecule has 1 heterocycles. The highest BCUT2D eigenvalue weighted by Gasteiger charge is 2.46. The highest BCUT2D eigenvalue weighted by Crippen LogP contribution is 2.41. The molecule has 3 aliphatic rings. The van der Waals surface area contributed by atoms with Gasteiger partial charge in [0.25, 0.3) is 0 Å². The lowest BCUT2D eigenvalue weighted by atomic mass is 9.98. The Morgan fingerprint density at radius 2 is 2.04 bits per heavy atom. The number of ether oxygens (including phenoxy) is 1. The molecule has 0 aromatic heterocycles. The van der Waals surface area contributed by atoms with Gasteiger partial charge in [0.15, 0.2) is 0 Å². The van der Waals surface area contributed by atoms with Gasteiger partial charge in [0, 0.05) is 12.0 Å². The molecule has 1 aliphatic heterocycles. The molecule has 0 aromatic carbocycles. The first kappa shape index (κ1) is 18.9. The van der Waals surface area contributed by atoms with Crippen molar-refractivity contribution in [2.24, 2.45) is 22.7 Å². The maximum atomic E-state index is 12.2. The zero-order valence-corrected chi connectivity index (χ0v) is 15.7. The van der Waals surface area contributed by atoms with Gasteiger partial charge in [0.2, 0.25) is 5.91 Å². The van der Waals surface area contributed by atoms with E-state index in [0.717, 1.165) is 25.7 Å². The Balaban J connectivity index is 1.45. The van der Waals surface area contributed by atoms with Crippen molar-refractivity contribution < 1.29 is 19.4 Å². The van der Waals surface area contributed by atoms with E-state index in [1.807, 2.05) is 19.9 Å². The fraction of sp³-hybridized carbons (Fsp3) is 0.737. The molecular formula is C19H29N3O4. The molecule has 2 saturated carbocycles. The van der Waals surface area contributed by atoms with E-state index in [9.17, 15) is 14.7 Å². The number of amidine groups is 1. The van der Waals surface area contributed by atoms with E-state index >= 15 is 0 Å². The molecule has 0 spiro atoms. The van der Waals surface area contributed by atoms with E-state index < -0.39 is 6.10 Å². The molecule has 26 heavy (non-hydrogen) atoms. The van der Waals surface area contributed by atoms with Crippen molar-refractivity contribution in [3.63, 3.8) is 0 Å². The molecule has 3 N–H and O–H groups in total. The quantitative estimate of drug-likeness (QED) is 0.693. The van der Waals surface area contributed by atoms with Crippen LogP contribution in [0.25, 0.3) is 0 Å². The second-order valence-corrected chi connectivity index (χ2v) is 7.99. The molecule has 1 unspecified atom stereocenters. The van der Waals surface area contributed by atoms with Gasteiger partial charge >= 0.3 is 6.09 Å². The standard InChI is InChI=1S/C19H29N3O4/c1-10(2)21-19(25)26-14-5-4-12(6-14)13-7-17(20-9-13)22-18(24)16-8-15(16)11(3)23/h7,10-12,14-16,23H,4-6,8-9H2,1-3H3,(H,21,25)(H,20,22,24)/t11?,12-,14+,15+,16-/m0/s1. The number of aliphatic hydroxyl groups is 1. The first-order valence-corrected chi connectivity index (χ1v) is 9.54. The lowest BCUT2D eigenvalue weighted by Gasteiger charge is -2.15. The number of rotatable bonds is 5. The van der Waals surface area contributed by atoms with Crippen LogP contribution >= 0.6 is 0 Å². The van der Waals surface area contributed by atoms with Crippen LogP contribution in [0.1, 0.15) is 46.5 Å². The van der Waals surface area contributed by atoms with Crippen LogP contribution in [0.15, 0.2) is 16.6 Å². The molecule has 5 atom stereocenters. The number of aliphatic imine (C=N–C) groups is 1. The number of nitrogens with one attached hydrogen (secondary N) is 2. The fourth-order valence-corrected chi connectivity index (χ4v) is 3.84. The van der Waals surface area contributed by atoms with Crippen LogP contribution in [-0.4, -0.2) is 47.7 Å². The van der Waals surface area contributed by atoms with Gasteiger partial charge in [0.05, 0.1) is 12.6 Å². The maximum absolute atomic E-state index is 12.2. The topological polar surface area (TPSA) is 100 Å². The number of aliphatic hydroxyl groups excluding tert-OH is 1.